The molecule has 0 aromatic heterocycles. The second kappa shape index (κ2) is 8.50. The Bertz CT molecular complexity index is 731. The normalized spacial score (nSPS) is 12.2. The molecule has 0 saturated carbocycles. The maximum atomic E-state index is 10.0. The highest BCUT2D eigenvalue weighted by molar-refractivity contribution is 5.34. The molecule has 2 N–H and O–H groups in total. The van der Waals surface area contributed by atoms with Crippen molar-refractivity contribution in [1.29, 1.82) is 0 Å². The molecule has 0 amide bonds. The van der Waals surface area contributed by atoms with Crippen molar-refractivity contribution in [2.75, 3.05) is 6.54 Å². The van der Waals surface area contributed by atoms with Crippen LogP contribution in [0, 0.1) is 0 Å². The van der Waals surface area contributed by atoms with Crippen molar-refractivity contribution in [2.24, 2.45) is 0 Å². The van der Waals surface area contributed by atoms with Gasteiger partial charge in [0.15, 0.2) is 0 Å². The van der Waals surface area contributed by atoms with Crippen molar-refractivity contribution < 1.29 is 5.11 Å². The Balaban J connectivity index is 1.68. The molecule has 128 valence electrons. The molecule has 3 rings (SSSR count). The largest absolute Gasteiger partial charge is 0.508 e. The number of nitrogens with one attached hydrogen (secondary N) is 1. The third kappa shape index (κ3) is 4.49. The fraction of sp³-hybridized carbons (Fsp3) is 0.217. The lowest BCUT2D eigenvalue weighted by Gasteiger charge is -2.21. The monoisotopic (exact) mass is 331 g/mol. The standard InChI is InChI=1S/C23H25NO/c1-18(21-14-8-9-15-23(21)25)24-17-16-22(19-10-4-2-5-11-19)20-12-6-3-7-13-20/h2-15,18,22,24-25H,16-17H2,1H3/t18-/m1/s1. The summed E-state index contributed by atoms with van der Waals surface area (Å²) < 4.78 is 0. The van der Waals surface area contributed by atoms with Crippen LogP contribution in [0.4, 0.5) is 0 Å². The van der Waals surface area contributed by atoms with Crippen molar-refractivity contribution >= 4 is 0 Å². The lowest BCUT2D eigenvalue weighted by molar-refractivity contribution is 0.450. The van der Waals surface area contributed by atoms with Crippen LogP contribution in [0.2, 0.25) is 0 Å². The second-order valence-corrected chi connectivity index (χ2v) is 6.40. The predicted molar refractivity (Wildman–Crippen MR) is 104 cm³/mol. The average Bonchev–Trinajstić information content (AvgIpc) is 2.67. The Morgan fingerprint density at radius 2 is 1.28 bits per heavy atom. The highest BCUT2D eigenvalue weighted by Crippen LogP contribution is 2.28. The molecule has 0 unspecified atom stereocenters. The molecule has 0 fully saturated rings. The number of para-hydroxylation sites is 1. The van der Waals surface area contributed by atoms with Crippen molar-refractivity contribution in [1.82, 2.24) is 5.32 Å². The third-order valence-corrected chi connectivity index (χ3v) is 4.69. The SMILES string of the molecule is C[C@@H](NCCC(c1ccccc1)c1ccccc1)c1ccccc1O. The summed E-state index contributed by atoms with van der Waals surface area (Å²) in [5.41, 5.74) is 3.62. The van der Waals surface area contributed by atoms with Crippen molar-refractivity contribution in [3.63, 3.8) is 0 Å². The van der Waals surface area contributed by atoms with Gasteiger partial charge in [0, 0.05) is 17.5 Å². The highest BCUT2D eigenvalue weighted by Gasteiger charge is 2.15. The molecule has 2 nitrogen and oxygen atoms in total. The highest BCUT2D eigenvalue weighted by atomic mass is 16.3. The summed E-state index contributed by atoms with van der Waals surface area (Å²) in [6.45, 7) is 2.97. The molecule has 3 aromatic rings. The summed E-state index contributed by atoms with van der Waals surface area (Å²) >= 11 is 0. The smallest absolute Gasteiger partial charge is 0.120 e. The third-order valence-electron chi connectivity index (χ3n) is 4.69. The molecular formula is C23H25NO. The van der Waals surface area contributed by atoms with Crippen LogP contribution < -0.4 is 5.32 Å². The summed E-state index contributed by atoms with van der Waals surface area (Å²) in [4.78, 5) is 0. The Morgan fingerprint density at radius 1 is 0.760 bits per heavy atom. The van der Waals surface area contributed by atoms with Gasteiger partial charge in [-0.1, -0.05) is 78.9 Å². The Morgan fingerprint density at radius 3 is 1.84 bits per heavy atom. The van der Waals surface area contributed by atoms with E-state index in [9.17, 15) is 5.11 Å². The topological polar surface area (TPSA) is 32.3 Å². The minimum absolute atomic E-state index is 0.119. The van der Waals surface area contributed by atoms with Gasteiger partial charge in [0.2, 0.25) is 0 Å². The fourth-order valence-electron chi connectivity index (χ4n) is 3.30. The summed E-state index contributed by atoms with van der Waals surface area (Å²) in [5.74, 6) is 0.719. The minimum Gasteiger partial charge on any atom is -0.508 e. The van der Waals surface area contributed by atoms with Gasteiger partial charge < -0.3 is 10.4 Å². The maximum Gasteiger partial charge on any atom is 0.120 e. The van der Waals surface area contributed by atoms with Crippen LogP contribution in [0.3, 0.4) is 0 Å². The maximum absolute atomic E-state index is 10.0. The van der Waals surface area contributed by atoms with Crippen LogP contribution in [0.25, 0.3) is 0 Å². The lowest BCUT2D eigenvalue weighted by Crippen LogP contribution is -2.22. The molecule has 0 spiro atoms. The molecule has 2 heteroatoms. The zero-order chi connectivity index (χ0) is 17.5. The summed E-state index contributed by atoms with van der Waals surface area (Å²) in [6, 6.07) is 29.0. The van der Waals surface area contributed by atoms with Gasteiger partial charge in [-0.15, -0.1) is 0 Å². The number of phenolic OH excluding ortho intramolecular Hbond substituents is 1. The molecule has 1 atom stereocenters. The molecule has 3 aromatic carbocycles. The van der Waals surface area contributed by atoms with Crippen molar-refractivity contribution in [3.8, 4) is 5.75 Å². The molecule has 0 saturated heterocycles. The molecule has 0 heterocycles. The number of phenols is 1. The van der Waals surface area contributed by atoms with Gasteiger partial charge in [-0.05, 0) is 37.1 Å². The van der Waals surface area contributed by atoms with Crippen LogP contribution in [-0.2, 0) is 0 Å². The van der Waals surface area contributed by atoms with Crippen LogP contribution in [0.15, 0.2) is 84.9 Å². The van der Waals surface area contributed by atoms with E-state index in [4.69, 9.17) is 0 Å². The molecule has 0 radical (unpaired) electrons. The van der Waals surface area contributed by atoms with Gasteiger partial charge in [-0.3, -0.25) is 0 Å². The first-order valence-electron chi connectivity index (χ1n) is 8.87. The van der Waals surface area contributed by atoms with E-state index in [2.05, 4.69) is 72.9 Å². The van der Waals surface area contributed by atoms with Crippen LogP contribution in [0.5, 0.6) is 5.75 Å². The second-order valence-electron chi connectivity index (χ2n) is 6.40. The van der Waals surface area contributed by atoms with Crippen molar-refractivity contribution in [2.45, 2.75) is 25.3 Å². The first-order chi connectivity index (χ1) is 12.3. The number of rotatable bonds is 7. The predicted octanol–water partition coefficient (Wildman–Crippen LogP) is 5.27. The Labute approximate surface area is 150 Å². The Kier molecular flexibility index (Phi) is 5.86. The molecule has 0 aliphatic rings. The number of aromatic hydroxyl groups is 1. The molecule has 25 heavy (non-hydrogen) atoms. The van der Waals surface area contributed by atoms with Crippen LogP contribution >= 0.6 is 0 Å². The summed E-state index contributed by atoms with van der Waals surface area (Å²) in [6.07, 6.45) is 1.01. The van der Waals surface area contributed by atoms with Gasteiger partial charge in [-0.2, -0.15) is 0 Å². The summed E-state index contributed by atoms with van der Waals surface area (Å²) in [5, 5.41) is 13.6. The zero-order valence-corrected chi connectivity index (χ0v) is 14.6. The van der Waals surface area contributed by atoms with E-state index in [0.717, 1.165) is 18.5 Å². The van der Waals surface area contributed by atoms with Gasteiger partial charge in [0.05, 0.1) is 0 Å². The van der Waals surface area contributed by atoms with E-state index in [0.29, 0.717) is 11.7 Å². The number of hydrogen-bond donors (Lipinski definition) is 2. The van der Waals surface area contributed by atoms with Gasteiger partial charge >= 0.3 is 0 Å². The van der Waals surface area contributed by atoms with E-state index < -0.39 is 0 Å². The van der Waals surface area contributed by atoms with Crippen LogP contribution in [-0.4, -0.2) is 11.7 Å². The molecule has 0 aliphatic heterocycles. The van der Waals surface area contributed by atoms with E-state index >= 15 is 0 Å². The van der Waals surface area contributed by atoms with Gasteiger partial charge in [0.25, 0.3) is 0 Å². The van der Waals surface area contributed by atoms with E-state index in [1.807, 2.05) is 18.2 Å². The lowest BCUT2D eigenvalue weighted by atomic mass is 9.88. The first-order valence-corrected chi connectivity index (χ1v) is 8.87. The van der Waals surface area contributed by atoms with E-state index in [-0.39, 0.29) is 6.04 Å². The zero-order valence-electron chi connectivity index (χ0n) is 14.6. The number of hydrogen-bond acceptors (Lipinski definition) is 2. The molecule has 0 bridgehead atoms. The molecular weight excluding hydrogens is 306 g/mol. The fourth-order valence-corrected chi connectivity index (χ4v) is 3.30. The van der Waals surface area contributed by atoms with Gasteiger partial charge in [0.1, 0.15) is 5.75 Å². The van der Waals surface area contributed by atoms with Crippen LogP contribution in [0.1, 0.15) is 42.0 Å². The Hall–Kier alpha value is -2.58. The molecule has 0 aliphatic carbocycles. The van der Waals surface area contributed by atoms with Gasteiger partial charge in [-0.25, -0.2) is 0 Å². The average molecular weight is 331 g/mol. The minimum atomic E-state index is 0.119. The van der Waals surface area contributed by atoms with Crippen molar-refractivity contribution in [3.05, 3.63) is 102 Å². The number of benzene rings is 3. The summed E-state index contributed by atoms with van der Waals surface area (Å²) in [7, 11) is 0. The first kappa shape index (κ1) is 17.2. The van der Waals surface area contributed by atoms with E-state index in [1.165, 1.54) is 11.1 Å². The van der Waals surface area contributed by atoms with E-state index in [1.54, 1.807) is 6.07 Å². The quantitative estimate of drug-likeness (QED) is 0.618.